The topological polar surface area (TPSA) is 97.6 Å². The molecule has 1 heterocycles. The van der Waals surface area contributed by atoms with Gasteiger partial charge < -0.3 is 24.4 Å². The van der Waals surface area contributed by atoms with Gasteiger partial charge in [0, 0.05) is 12.5 Å². The number of carbonyl (C=O) groups excluding carboxylic acids is 1. The number of isothiocyanates is 1. The van der Waals surface area contributed by atoms with Crippen molar-refractivity contribution in [3.8, 4) is 0 Å². The highest BCUT2D eigenvalue weighted by Gasteiger charge is 2.46. The van der Waals surface area contributed by atoms with Gasteiger partial charge in [0.15, 0.2) is 12.3 Å². The van der Waals surface area contributed by atoms with Crippen molar-refractivity contribution in [3.63, 3.8) is 0 Å². The van der Waals surface area contributed by atoms with Gasteiger partial charge in [-0.25, -0.2) is 0 Å². The highest BCUT2D eigenvalue weighted by molar-refractivity contribution is 7.78. The number of aliphatic imine (C=N–C) groups is 1. The van der Waals surface area contributed by atoms with Crippen LogP contribution in [0.2, 0.25) is 0 Å². The first-order valence-electron chi connectivity index (χ1n) is 7.40. The Bertz CT molecular complexity index is 606. The van der Waals surface area contributed by atoms with E-state index in [4.69, 9.17) is 14.2 Å². The Labute approximate surface area is 144 Å². The molecule has 2 rings (SSSR count). The first-order valence-corrected chi connectivity index (χ1v) is 7.81. The second kappa shape index (κ2) is 8.43. The molecule has 1 aliphatic rings. The maximum Gasteiger partial charge on any atom is 0.303 e. The summed E-state index contributed by atoms with van der Waals surface area (Å²) >= 11 is 4.65. The van der Waals surface area contributed by atoms with Crippen LogP contribution in [0.4, 0.5) is 0 Å². The van der Waals surface area contributed by atoms with E-state index in [9.17, 15) is 15.0 Å². The van der Waals surface area contributed by atoms with Crippen molar-refractivity contribution in [1.82, 2.24) is 0 Å². The van der Waals surface area contributed by atoms with Crippen molar-refractivity contribution >= 4 is 23.3 Å². The van der Waals surface area contributed by atoms with Crippen molar-refractivity contribution in [2.75, 3.05) is 0 Å². The van der Waals surface area contributed by atoms with E-state index >= 15 is 0 Å². The molecule has 24 heavy (non-hydrogen) atoms. The normalized spacial score (nSPS) is 30.9. The molecule has 0 spiro atoms. The van der Waals surface area contributed by atoms with E-state index in [1.807, 2.05) is 6.07 Å². The number of ether oxygens (including phenoxy) is 3. The van der Waals surface area contributed by atoms with E-state index in [1.54, 1.807) is 31.2 Å². The summed E-state index contributed by atoms with van der Waals surface area (Å²) in [6.07, 6.45) is -6.44. The van der Waals surface area contributed by atoms with E-state index in [0.29, 0.717) is 5.56 Å². The molecule has 2 unspecified atom stereocenters. The molecule has 1 saturated heterocycles. The Morgan fingerprint density at radius 3 is 2.58 bits per heavy atom. The molecule has 130 valence electrons. The van der Waals surface area contributed by atoms with Gasteiger partial charge in [-0.3, -0.25) is 4.79 Å². The summed E-state index contributed by atoms with van der Waals surface area (Å²) in [7, 11) is 0. The predicted molar refractivity (Wildman–Crippen MR) is 87.2 cm³/mol. The summed E-state index contributed by atoms with van der Waals surface area (Å²) in [5.41, 5.74) is 0.688. The van der Waals surface area contributed by atoms with Crippen LogP contribution in [-0.2, 0) is 19.0 Å². The van der Waals surface area contributed by atoms with Crippen molar-refractivity contribution < 1.29 is 29.2 Å². The number of aliphatic hydroxyl groups excluding tert-OH is 2. The molecule has 0 aromatic heterocycles. The highest BCUT2D eigenvalue weighted by Crippen LogP contribution is 2.29. The number of benzene rings is 1. The molecular weight excluding hydrogens is 334 g/mol. The number of aliphatic hydroxyl groups is 2. The number of esters is 1. The zero-order valence-corrected chi connectivity index (χ0v) is 14.1. The summed E-state index contributed by atoms with van der Waals surface area (Å²) in [6, 6.07) is 9.00. The maximum absolute atomic E-state index is 11.3. The van der Waals surface area contributed by atoms with E-state index < -0.39 is 42.9 Å². The largest absolute Gasteiger partial charge is 0.454 e. The first-order chi connectivity index (χ1) is 11.4. The van der Waals surface area contributed by atoms with Crippen LogP contribution in [0.3, 0.4) is 0 Å². The lowest BCUT2D eigenvalue weighted by Gasteiger charge is -2.41. The number of carbonyl (C=O) groups is 1. The highest BCUT2D eigenvalue weighted by atomic mass is 32.1. The van der Waals surface area contributed by atoms with Crippen LogP contribution in [0.15, 0.2) is 35.3 Å². The van der Waals surface area contributed by atoms with Crippen LogP contribution in [0.1, 0.15) is 25.6 Å². The SMILES string of the molecule is CC(=O)O[C@H]1C(OC(N=C=S)c2ccccc2)O[C@@H](C)[C@H](O)[C@H]1O. The standard InChI is InChI=1S/C16H19NO6S/c1-9-12(19)13(20)14(22-10(2)18)16(21-9)23-15(17-8-24)11-6-4-3-5-7-11/h3-7,9,12-16,19-20H,1-2H3/t9-,12-,13+,14+,15?,16?/m0/s1. The smallest absolute Gasteiger partial charge is 0.303 e. The summed E-state index contributed by atoms with van der Waals surface area (Å²) in [6.45, 7) is 2.77. The lowest BCUT2D eigenvalue weighted by molar-refractivity contribution is -0.307. The molecule has 2 N–H and O–H groups in total. The predicted octanol–water partition coefficient (Wildman–Crippen LogP) is 1.20. The van der Waals surface area contributed by atoms with Gasteiger partial charge in [-0.15, -0.1) is 0 Å². The van der Waals surface area contributed by atoms with Crippen molar-refractivity contribution in [1.29, 1.82) is 0 Å². The number of rotatable bonds is 5. The van der Waals surface area contributed by atoms with Crippen LogP contribution in [0.25, 0.3) is 0 Å². The van der Waals surface area contributed by atoms with Crippen LogP contribution in [0, 0.1) is 0 Å². The second-order valence-electron chi connectivity index (χ2n) is 5.38. The fraction of sp³-hybridized carbons (Fsp3) is 0.500. The zero-order valence-electron chi connectivity index (χ0n) is 13.2. The molecule has 7 nitrogen and oxygen atoms in total. The third kappa shape index (κ3) is 4.45. The van der Waals surface area contributed by atoms with Crippen molar-refractivity contribution in [3.05, 3.63) is 35.9 Å². The monoisotopic (exact) mass is 353 g/mol. The fourth-order valence-electron chi connectivity index (χ4n) is 2.41. The van der Waals surface area contributed by atoms with E-state index in [0.717, 1.165) is 0 Å². The lowest BCUT2D eigenvalue weighted by Crippen LogP contribution is -2.58. The van der Waals surface area contributed by atoms with Gasteiger partial charge in [-0.05, 0) is 19.1 Å². The zero-order chi connectivity index (χ0) is 17.7. The van der Waals surface area contributed by atoms with Gasteiger partial charge in [-0.2, -0.15) is 4.99 Å². The third-order valence-electron chi connectivity index (χ3n) is 3.60. The molecule has 0 bridgehead atoms. The maximum atomic E-state index is 11.3. The Balaban J connectivity index is 2.24. The second-order valence-corrected chi connectivity index (χ2v) is 5.57. The fourth-order valence-corrected chi connectivity index (χ4v) is 2.50. The first kappa shape index (κ1) is 18.7. The molecule has 0 saturated carbocycles. The average Bonchev–Trinajstić information content (AvgIpc) is 2.56. The Hall–Kier alpha value is -1.67. The Kier molecular flexibility index (Phi) is 6.56. The molecule has 1 aromatic rings. The van der Waals surface area contributed by atoms with Crippen LogP contribution < -0.4 is 0 Å². The van der Waals surface area contributed by atoms with E-state index in [2.05, 4.69) is 22.4 Å². The van der Waals surface area contributed by atoms with Crippen molar-refractivity contribution in [2.24, 2.45) is 4.99 Å². The minimum absolute atomic E-state index is 0.632. The molecule has 0 radical (unpaired) electrons. The van der Waals surface area contributed by atoms with Gasteiger partial charge in [0.2, 0.25) is 6.29 Å². The lowest BCUT2D eigenvalue weighted by atomic mass is 9.99. The van der Waals surface area contributed by atoms with Gasteiger partial charge >= 0.3 is 5.97 Å². The molecule has 8 heteroatoms. The number of nitrogens with zero attached hydrogens (tertiary/aromatic N) is 1. The van der Waals surface area contributed by atoms with Crippen molar-refractivity contribution in [2.45, 2.75) is 50.8 Å². The molecule has 0 aliphatic carbocycles. The summed E-state index contributed by atoms with van der Waals surface area (Å²) < 4.78 is 16.4. The van der Waals surface area contributed by atoms with Gasteiger partial charge in [0.1, 0.15) is 12.2 Å². The minimum Gasteiger partial charge on any atom is -0.454 e. The molecule has 1 aromatic carbocycles. The van der Waals surface area contributed by atoms with Crippen LogP contribution in [0.5, 0.6) is 0 Å². The Morgan fingerprint density at radius 1 is 1.33 bits per heavy atom. The minimum atomic E-state index is -1.35. The van der Waals surface area contributed by atoms with Gasteiger partial charge in [-0.1, -0.05) is 30.3 Å². The molecule has 0 amide bonds. The summed E-state index contributed by atoms with van der Waals surface area (Å²) in [5, 5.41) is 22.4. The third-order valence-corrected chi connectivity index (χ3v) is 3.71. The molecule has 6 atom stereocenters. The van der Waals surface area contributed by atoms with E-state index in [-0.39, 0.29) is 0 Å². The molecular formula is C16H19NO6S. The Morgan fingerprint density at radius 2 is 2.00 bits per heavy atom. The quantitative estimate of drug-likeness (QED) is 0.466. The van der Waals surface area contributed by atoms with Gasteiger partial charge in [0.05, 0.1) is 11.3 Å². The van der Waals surface area contributed by atoms with Gasteiger partial charge in [0.25, 0.3) is 0 Å². The number of hydrogen-bond donors (Lipinski definition) is 2. The summed E-state index contributed by atoms with van der Waals surface area (Å²) in [5.74, 6) is -0.632. The number of hydrogen-bond acceptors (Lipinski definition) is 8. The average molecular weight is 353 g/mol. The summed E-state index contributed by atoms with van der Waals surface area (Å²) in [4.78, 5) is 15.2. The molecule has 1 aliphatic heterocycles. The molecule has 1 fully saturated rings. The van der Waals surface area contributed by atoms with Crippen LogP contribution >= 0.6 is 12.2 Å². The number of thiocarbonyl (C=S) groups is 1. The van der Waals surface area contributed by atoms with Crippen LogP contribution in [-0.4, -0.2) is 52.0 Å². The van der Waals surface area contributed by atoms with E-state index in [1.165, 1.54) is 6.92 Å².